The van der Waals surface area contributed by atoms with E-state index in [9.17, 15) is 14.7 Å². The van der Waals surface area contributed by atoms with Gasteiger partial charge in [-0.2, -0.15) is 0 Å². The lowest BCUT2D eigenvalue weighted by molar-refractivity contribution is -0.115. The van der Waals surface area contributed by atoms with Crippen LogP contribution in [0.4, 0.5) is 5.69 Å². The normalized spacial score (nSPS) is 20.4. The molecular formula is C31H40N4O4. The summed E-state index contributed by atoms with van der Waals surface area (Å²) in [6.07, 6.45) is 4.68. The van der Waals surface area contributed by atoms with E-state index in [1.807, 2.05) is 49.0 Å². The summed E-state index contributed by atoms with van der Waals surface area (Å²) in [6, 6.07) is 13.0. The average Bonchev–Trinajstić information content (AvgIpc) is 3.68. The predicted octanol–water partition coefficient (Wildman–Crippen LogP) is 3.92. The molecule has 2 aromatic carbocycles. The number of hydrogen-bond acceptors (Lipinski definition) is 5. The van der Waals surface area contributed by atoms with Crippen molar-refractivity contribution >= 4 is 28.4 Å². The largest absolute Gasteiger partial charge is 0.488 e. The van der Waals surface area contributed by atoms with Gasteiger partial charge in [-0.1, -0.05) is 25.1 Å². The van der Waals surface area contributed by atoms with Crippen LogP contribution >= 0.6 is 0 Å². The number of likely N-dealkylation sites (N-methyl/N-ethyl adjacent to an activating group) is 1. The van der Waals surface area contributed by atoms with E-state index in [0.29, 0.717) is 23.5 Å². The minimum Gasteiger partial charge on any atom is -0.488 e. The van der Waals surface area contributed by atoms with E-state index in [1.165, 1.54) is 12.8 Å². The fraction of sp³-hybridized carbons (Fsp3) is 0.484. The van der Waals surface area contributed by atoms with Gasteiger partial charge >= 0.3 is 0 Å². The molecule has 0 saturated heterocycles. The van der Waals surface area contributed by atoms with Gasteiger partial charge in [-0.15, -0.1) is 0 Å². The molecule has 1 fully saturated rings. The van der Waals surface area contributed by atoms with Gasteiger partial charge in [0.1, 0.15) is 11.9 Å². The van der Waals surface area contributed by atoms with Gasteiger partial charge in [0.2, 0.25) is 5.91 Å². The van der Waals surface area contributed by atoms with Gasteiger partial charge in [0.25, 0.3) is 5.91 Å². The van der Waals surface area contributed by atoms with E-state index in [2.05, 4.69) is 24.2 Å². The smallest absolute Gasteiger partial charge is 0.258 e. The van der Waals surface area contributed by atoms with E-state index in [-0.39, 0.29) is 42.9 Å². The maximum absolute atomic E-state index is 13.7. The standard InChI is InChI=1S/C31H40N4O4/c1-20-15-35(21(2)19-36)31(38)26-14-24(11-12-28(26)39-29(20)18-33(3)16-22-9-10-22)32-30(37)13-23-17-34(4)27-8-6-5-7-25(23)27/h5-8,11-12,14,17,20-22,29,36H,9-10,13,15-16,18-19H2,1-4H3,(H,32,37)/t20-,21-,29+/m0/s1. The van der Waals surface area contributed by atoms with Crippen molar-refractivity contribution in [3.05, 3.63) is 59.8 Å². The number of carbonyl (C=O) groups excluding carboxylic acids is 2. The van der Waals surface area contributed by atoms with Crippen molar-refractivity contribution in [2.75, 3.05) is 38.6 Å². The fourth-order valence-corrected chi connectivity index (χ4v) is 5.59. The van der Waals surface area contributed by atoms with E-state index < -0.39 is 0 Å². The van der Waals surface area contributed by atoms with Crippen molar-refractivity contribution in [3.63, 3.8) is 0 Å². The third-order valence-electron chi connectivity index (χ3n) is 8.04. The molecule has 8 heteroatoms. The van der Waals surface area contributed by atoms with Crippen LogP contribution in [-0.2, 0) is 18.3 Å². The highest BCUT2D eigenvalue weighted by Gasteiger charge is 2.34. The molecule has 0 spiro atoms. The molecule has 1 aliphatic heterocycles. The zero-order valence-corrected chi connectivity index (χ0v) is 23.4. The molecule has 0 bridgehead atoms. The van der Waals surface area contributed by atoms with Crippen LogP contribution in [0.1, 0.15) is 42.6 Å². The summed E-state index contributed by atoms with van der Waals surface area (Å²) in [5, 5.41) is 13.9. The number of rotatable bonds is 9. The first-order valence-electron chi connectivity index (χ1n) is 14.0. The van der Waals surface area contributed by atoms with Gasteiger partial charge in [0.05, 0.1) is 24.6 Å². The van der Waals surface area contributed by atoms with Gasteiger partial charge < -0.3 is 29.5 Å². The summed E-state index contributed by atoms with van der Waals surface area (Å²) in [7, 11) is 4.10. The average molecular weight is 533 g/mol. The molecule has 2 heterocycles. The molecule has 1 saturated carbocycles. The third kappa shape index (κ3) is 6.12. The van der Waals surface area contributed by atoms with E-state index in [0.717, 1.165) is 35.5 Å². The van der Waals surface area contributed by atoms with Gasteiger partial charge in [-0.3, -0.25) is 9.59 Å². The Hall–Kier alpha value is -3.36. The lowest BCUT2D eigenvalue weighted by Crippen LogP contribution is -2.50. The highest BCUT2D eigenvalue weighted by atomic mass is 16.5. The third-order valence-corrected chi connectivity index (χ3v) is 8.04. The SMILES string of the molecule is C[C@H]1CN([C@@H](C)CO)C(=O)c2cc(NC(=O)Cc3cn(C)c4ccccc34)ccc2O[C@@H]1CN(C)CC1CC1. The monoisotopic (exact) mass is 532 g/mol. The van der Waals surface area contributed by atoms with Crippen molar-refractivity contribution in [2.45, 2.75) is 45.3 Å². The summed E-state index contributed by atoms with van der Waals surface area (Å²) in [6.45, 7) is 6.14. The second kappa shape index (κ2) is 11.4. The predicted molar refractivity (Wildman–Crippen MR) is 153 cm³/mol. The van der Waals surface area contributed by atoms with Crippen LogP contribution < -0.4 is 10.1 Å². The number of nitrogens with one attached hydrogen (secondary N) is 1. The molecule has 208 valence electrons. The molecule has 5 rings (SSSR count). The topological polar surface area (TPSA) is 87.0 Å². The van der Waals surface area contributed by atoms with E-state index in [1.54, 1.807) is 23.1 Å². The van der Waals surface area contributed by atoms with Crippen molar-refractivity contribution in [2.24, 2.45) is 18.9 Å². The maximum Gasteiger partial charge on any atom is 0.258 e. The highest BCUT2D eigenvalue weighted by Crippen LogP contribution is 2.32. The fourth-order valence-electron chi connectivity index (χ4n) is 5.59. The van der Waals surface area contributed by atoms with Crippen molar-refractivity contribution in [1.29, 1.82) is 0 Å². The molecule has 3 atom stereocenters. The van der Waals surface area contributed by atoms with Crippen LogP contribution in [-0.4, -0.2) is 76.7 Å². The molecule has 8 nitrogen and oxygen atoms in total. The second-order valence-corrected chi connectivity index (χ2v) is 11.5. The van der Waals surface area contributed by atoms with Gasteiger partial charge in [-0.05, 0) is 62.6 Å². The van der Waals surface area contributed by atoms with Crippen LogP contribution in [0.25, 0.3) is 10.9 Å². The van der Waals surface area contributed by atoms with Gasteiger partial charge in [0.15, 0.2) is 0 Å². The Morgan fingerprint density at radius 2 is 1.97 bits per heavy atom. The van der Waals surface area contributed by atoms with Gasteiger partial charge in [0, 0.05) is 55.4 Å². The van der Waals surface area contributed by atoms with Gasteiger partial charge in [-0.25, -0.2) is 0 Å². The highest BCUT2D eigenvalue weighted by molar-refractivity contribution is 6.00. The number of aromatic nitrogens is 1. The number of aryl methyl sites for hydroxylation is 1. The summed E-state index contributed by atoms with van der Waals surface area (Å²) in [4.78, 5) is 30.8. The summed E-state index contributed by atoms with van der Waals surface area (Å²) >= 11 is 0. The van der Waals surface area contributed by atoms with Crippen LogP contribution in [0, 0.1) is 11.8 Å². The Balaban J connectivity index is 1.38. The minimum atomic E-state index is -0.333. The second-order valence-electron chi connectivity index (χ2n) is 11.5. The Morgan fingerprint density at radius 3 is 2.72 bits per heavy atom. The molecular weight excluding hydrogens is 492 g/mol. The number of hydrogen-bond donors (Lipinski definition) is 2. The zero-order valence-electron chi connectivity index (χ0n) is 23.4. The van der Waals surface area contributed by atoms with E-state index >= 15 is 0 Å². The Kier molecular flexibility index (Phi) is 7.96. The first-order chi connectivity index (χ1) is 18.7. The van der Waals surface area contributed by atoms with E-state index in [4.69, 9.17) is 4.74 Å². The molecule has 1 aromatic heterocycles. The zero-order chi connectivity index (χ0) is 27.7. The number of amides is 2. The lowest BCUT2D eigenvalue weighted by atomic mass is 9.99. The number of nitrogens with zero attached hydrogens (tertiary/aromatic N) is 3. The molecule has 2 N–H and O–H groups in total. The van der Waals surface area contributed by atoms with Crippen molar-refractivity contribution in [3.8, 4) is 5.75 Å². The Bertz CT molecular complexity index is 1350. The number of carbonyl (C=O) groups is 2. The molecule has 0 unspecified atom stereocenters. The van der Waals surface area contributed by atoms with Crippen LogP contribution in [0.3, 0.4) is 0 Å². The number of ether oxygens (including phenoxy) is 1. The molecule has 2 aliphatic rings. The maximum atomic E-state index is 13.7. The molecule has 2 amide bonds. The first kappa shape index (κ1) is 27.2. The minimum absolute atomic E-state index is 0.0813. The lowest BCUT2D eigenvalue weighted by Gasteiger charge is -2.38. The van der Waals surface area contributed by atoms with Crippen molar-refractivity contribution in [1.82, 2.24) is 14.4 Å². The number of fused-ring (bicyclic) bond motifs is 2. The summed E-state index contributed by atoms with van der Waals surface area (Å²) in [5.41, 5.74) is 2.98. The number of para-hydroxylation sites is 1. The van der Waals surface area contributed by atoms with Crippen molar-refractivity contribution < 1.29 is 19.4 Å². The van der Waals surface area contributed by atoms with Crippen LogP contribution in [0.5, 0.6) is 5.75 Å². The molecule has 3 aromatic rings. The first-order valence-corrected chi connectivity index (χ1v) is 14.0. The summed E-state index contributed by atoms with van der Waals surface area (Å²) < 4.78 is 8.52. The molecule has 39 heavy (non-hydrogen) atoms. The number of benzene rings is 2. The Labute approximate surface area is 230 Å². The number of aliphatic hydroxyl groups excluding tert-OH is 1. The molecule has 1 aliphatic carbocycles. The quantitative estimate of drug-likeness (QED) is 0.436. The number of anilines is 1. The summed E-state index contributed by atoms with van der Waals surface area (Å²) in [5.74, 6) is 1.02. The van der Waals surface area contributed by atoms with Crippen LogP contribution in [0.15, 0.2) is 48.7 Å². The molecule has 0 radical (unpaired) electrons. The Morgan fingerprint density at radius 1 is 1.21 bits per heavy atom. The van der Waals surface area contributed by atoms with Crippen LogP contribution in [0.2, 0.25) is 0 Å². The number of aliphatic hydroxyl groups is 1.